The number of ether oxygens (including phenoxy) is 6. The van der Waals surface area contributed by atoms with E-state index in [4.69, 9.17) is 42.8 Å². The first-order valence-corrected chi connectivity index (χ1v) is 28.5. The molecule has 3 aliphatic carbocycles. The van der Waals surface area contributed by atoms with Crippen molar-refractivity contribution in [3.05, 3.63) is 53.7 Å². The van der Waals surface area contributed by atoms with E-state index in [-0.39, 0.29) is 67.1 Å². The van der Waals surface area contributed by atoms with E-state index in [0.717, 1.165) is 103 Å². The predicted octanol–water partition coefficient (Wildman–Crippen LogP) is 6.79. The molecule has 2 N–H and O–H groups in total. The van der Waals surface area contributed by atoms with Crippen LogP contribution in [0.2, 0.25) is 0 Å². The number of esters is 1. The van der Waals surface area contributed by atoms with Gasteiger partial charge in [0.2, 0.25) is 11.8 Å². The van der Waals surface area contributed by atoms with Crippen molar-refractivity contribution in [3.8, 4) is 22.7 Å². The molecular formula is C58H78N8O10. The van der Waals surface area contributed by atoms with Gasteiger partial charge in [-0.3, -0.25) is 29.3 Å². The highest BCUT2D eigenvalue weighted by molar-refractivity contribution is 5.95. The van der Waals surface area contributed by atoms with Crippen LogP contribution in [-0.4, -0.2) is 152 Å². The van der Waals surface area contributed by atoms with Gasteiger partial charge in [0.25, 0.3) is 5.91 Å². The van der Waals surface area contributed by atoms with Gasteiger partial charge < -0.3 is 47.6 Å². The highest BCUT2D eigenvalue weighted by Crippen LogP contribution is 2.52. The number of carbonyl (C=O) groups excluding carboxylic acids is 3. The average molecular weight is 1050 g/mol. The molecule has 76 heavy (non-hydrogen) atoms. The molecule has 6 aliphatic heterocycles. The maximum atomic E-state index is 15.2. The largest absolute Gasteiger partial charge is 0.464 e. The second-order valence-corrected chi connectivity index (χ2v) is 23.8. The maximum Gasteiger partial charge on any atom is 0.325 e. The van der Waals surface area contributed by atoms with Crippen LogP contribution in [0.25, 0.3) is 33.6 Å². The van der Waals surface area contributed by atoms with Crippen LogP contribution >= 0.6 is 0 Å². The van der Waals surface area contributed by atoms with Crippen LogP contribution in [0.15, 0.2) is 41.1 Å². The van der Waals surface area contributed by atoms with E-state index in [1.54, 1.807) is 18.4 Å². The molecule has 18 heteroatoms. The Balaban J connectivity index is 0.978. The van der Waals surface area contributed by atoms with Crippen LogP contribution in [0, 0.1) is 29.1 Å². The Morgan fingerprint density at radius 2 is 1.80 bits per heavy atom. The van der Waals surface area contributed by atoms with Crippen LogP contribution < -0.4 is 15.6 Å². The smallest absolute Gasteiger partial charge is 0.325 e. The third-order valence-electron chi connectivity index (χ3n) is 18.1. The molecule has 5 saturated heterocycles. The first-order valence-electron chi connectivity index (χ1n) is 28.5. The quantitative estimate of drug-likeness (QED) is 0.126. The molecule has 9 heterocycles. The third kappa shape index (κ3) is 10.1. The van der Waals surface area contributed by atoms with Crippen molar-refractivity contribution >= 4 is 34.4 Å². The van der Waals surface area contributed by atoms with Crippen molar-refractivity contribution in [2.75, 3.05) is 77.8 Å². The number of rotatable bonds is 14. The van der Waals surface area contributed by atoms with Gasteiger partial charge in [-0.2, -0.15) is 0 Å². The highest BCUT2D eigenvalue weighted by atomic mass is 16.5. The van der Waals surface area contributed by atoms with Crippen LogP contribution in [0.4, 0.5) is 5.69 Å². The van der Waals surface area contributed by atoms with Crippen LogP contribution in [0.3, 0.4) is 0 Å². The topological polar surface area (TPSA) is 184 Å². The van der Waals surface area contributed by atoms with Crippen molar-refractivity contribution in [2.24, 2.45) is 29.1 Å². The Morgan fingerprint density at radius 1 is 1.00 bits per heavy atom. The van der Waals surface area contributed by atoms with E-state index < -0.39 is 35.5 Å². The molecule has 4 aromatic rings. The summed E-state index contributed by atoms with van der Waals surface area (Å²) in [5.74, 6) is -0.823. The molecule has 0 radical (unpaired) electrons. The number of hydrazine groups is 1. The number of cyclic esters (lactones) is 1. The lowest BCUT2D eigenvalue weighted by molar-refractivity contribution is -0.173. The average Bonchev–Trinajstić information content (AvgIpc) is 4.20. The monoisotopic (exact) mass is 1050 g/mol. The van der Waals surface area contributed by atoms with Gasteiger partial charge in [-0.25, -0.2) is 10.4 Å². The minimum absolute atomic E-state index is 0.00687. The number of anilines is 1. The molecule has 13 rings (SSSR count). The summed E-state index contributed by atoms with van der Waals surface area (Å²) in [6.07, 6.45) is 10.3. The van der Waals surface area contributed by atoms with Crippen LogP contribution in [0.1, 0.15) is 115 Å². The SMILES string of the molecule is CCO[C@@H]1c2coc(n2)-c2ccc3c(c2)c(c(-c2cc(N4CCN(C5CC5)CC4)cnc2[C@H](C)OC)n3CCOC2CCOCC2)CC(C)(C)COC(=O)[C@H]2NN(C(=O)[C@H]1NC(=O)[C@H]1[C@H](C)[C@@H]1[C@H]1CCCO1)C1CC2C1. The van der Waals surface area contributed by atoms with E-state index in [9.17, 15) is 9.59 Å². The Bertz CT molecular complexity index is 2770. The molecule has 0 unspecified atom stereocenters. The molecule has 3 aromatic heterocycles. The number of piperazine rings is 1. The van der Waals surface area contributed by atoms with Crippen LogP contribution in [-0.2, 0) is 55.8 Å². The van der Waals surface area contributed by atoms with Crippen molar-refractivity contribution < 1.29 is 47.2 Å². The summed E-state index contributed by atoms with van der Waals surface area (Å²) in [6.45, 7) is 17.6. The summed E-state index contributed by atoms with van der Waals surface area (Å²) in [5, 5.41) is 5.72. The molecule has 2 amide bonds. The number of nitrogens with zero attached hydrogens (tertiary/aromatic N) is 6. The third-order valence-corrected chi connectivity index (χ3v) is 18.1. The first-order chi connectivity index (χ1) is 36.9. The normalized spacial score (nSPS) is 30.5. The number of oxazole rings is 1. The zero-order chi connectivity index (χ0) is 52.4. The number of amides is 2. The number of carbonyl (C=O) groups is 3. The van der Waals surface area contributed by atoms with E-state index in [1.165, 1.54) is 12.8 Å². The summed E-state index contributed by atoms with van der Waals surface area (Å²) in [6, 6.07) is 7.23. The number of aromatic nitrogens is 3. The summed E-state index contributed by atoms with van der Waals surface area (Å²) < 4.78 is 46.2. The van der Waals surface area contributed by atoms with Crippen molar-refractivity contribution in [1.29, 1.82) is 0 Å². The van der Waals surface area contributed by atoms with Gasteiger partial charge in [-0.15, -0.1) is 0 Å². The van der Waals surface area contributed by atoms with Crippen molar-refractivity contribution in [1.82, 2.24) is 35.2 Å². The molecule has 1 aromatic carbocycles. The van der Waals surface area contributed by atoms with E-state index in [1.807, 2.05) is 19.2 Å². The summed E-state index contributed by atoms with van der Waals surface area (Å²) in [7, 11) is 1.73. The molecule has 18 nitrogen and oxygen atoms in total. The number of benzene rings is 1. The van der Waals surface area contributed by atoms with Gasteiger partial charge >= 0.3 is 5.97 Å². The minimum Gasteiger partial charge on any atom is -0.464 e. The fourth-order valence-electron chi connectivity index (χ4n) is 13.5. The molecule has 8 bridgehead atoms. The zero-order valence-electron chi connectivity index (χ0n) is 45.3. The second-order valence-electron chi connectivity index (χ2n) is 23.8. The summed E-state index contributed by atoms with van der Waals surface area (Å²) in [4.78, 5) is 59.6. The van der Waals surface area contributed by atoms with Gasteiger partial charge in [0.05, 0.1) is 54.8 Å². The van der Waals surface area contributed by atoms with Gasteiger partial charge in [-0.05, 0) is 113 Å². The van der Waals surface area contributed by atoms with Crippen LogP contribution in [0.5, 0.6) is 0 Å². The molecule has 8 atom stereocenters. The second kappa shape index (κ2) is 21.4. The molecule has 9 aliphatic rings. The minimum atomic E-state index is -1.19. The zero-order valence-corrected chi connectivity index (χ0v) is 45.3. The standard InChI is InChI=1S/C58H78N8O10/c1-7-72-53-44-31-75-55(60-44)35-10-13-45-41(27-35)43(29-58(4,5)32-76-57(69)50-36-25-38(26-36)66(62-50)56(68)51(53)61-54(67)48-33(2)47(48)46-9-8-21-74-46)52(65(45)20-24-73-40-14-22-71-23-15-40)42-28-39(30-59-49(42)34(3)70-6)64-18-16-63(17-19-64)37-11-12-37/h10,13,27-28,30-31,33-34,36-38,40,46-48,50-51,53,62H,7-9,11-12,14-26,29,32H2,1-6H3,(H,61,67)/t33-,34+,36?,38?,46-,47-,48+,50+,51+,53-/m1/s1. The number of fused-ring (bicyclic) bond motifs is 4. The fraction of sp³-hybridized carbons (Fsp3) is 0.672. The number of nitrogens with one attached hydrogen (secondary N) is 2. The highest BCUT2D eigenvalue weighted by Gasteiger charge is 2.58. The van der Waals surface area contributed by atoms with E-state index >= 15 is 4.79 Å². The fourth-order valence-corrected chi connectivity index (χ4v) is 13.5. The predicted molar refractivity (Wildman–Crippen MR) is 283 cm³/mol. The maximum absolute atomic E-state index is 15.2. The molecule has 3 saturated carbocycles. The lowest BCUT2D eigenvalue weighted by Gasteiger charge is -2.53. The number of methoxy groups -OCH3 is 1. The van der Waals surface area contributed by atoms with Gasteiger partial charge in [-0.1, -0.05) is 20.8 Å². The van der Waals surface area contributed by atoms with E-state index in [0.29, 0.717) is 63.8 Å². The first kappa shape index (κ1) is 51.8. The van der Waals surface area contributed by atoms with Gasteiger partial charge in [0.15, 0.2) is 0 Å². The van der Waals surface area contributed by atoms with Crippen molar-refractivity contribution in [3.63, 3.8) is 0 Å². The van der Waals surface area contributed by atoms with Crippen molar-refractivity contribution in [2.45, 2.75) is 148 Å². The van der Waals surface area contributed by atoms with Gasteiger partial charge in [0.1, 0.15) is 30.1 Å². The Hall–Kier alpha value is -4.95. The summed E-state index contributed by atoms with van der Waals surface area (Å²) in [5.41, 5.74) is 9.80. The lowest BCUT2D eigenvalue weighted by Crippen LogP contribution is -2.72. The molecular weight excluding hydrogens is 969 g/mol. The van der Waals surface area contributed by atoms with E-state index in [2.05, 4.69) is 71.0 Å². The molecule has 8 fully saturated rings. The number of pyridine rings is 1. The lowest BCUT2D eigenvalue weighted by atomic mass is 9.73. The summed E-state index contributed by atoms with van der Waals surface area (Å²) >= 11 is 0. The Morgan fingerprint density at radius 3 is 2.54 bits per heavy atom. The van der Waals surface area contributed by atoms with Gasteiger partial charge in [0, 0.05) is 118 Å². The Labute approximate surface area is 446 Å². The Kier molecular flexibility index (Phi) is 14.6. The number of hydrogen-bond donors (Lipinski definition) is 2. The molecule has 0 spiro atoms. The molecule has 410 valence electrons. The number of hydrogen-bond acceptors (Lipinski definition) is 15.